The molecule has 0 aliphatic rings. The molecule has 0 saturated carbocycles. The molecule has 0 aliphatic carbocycles. The van der Waals surface area contributed by atoms with Gasteiger partial charge >= 0.3 is 0 Å². The lowest BCUT2D eigenvalue weighted by molar-refractivity contribution is -0.118. The molecule has 1 amide bonds. The van der Waals surface area contributed by atoms with Gasteiger partial charge in [0.05, 0.1) is 29.6 Å². The minimum atomic E-state index is -0.0118. The van der Waals surface area contributed by atoms with E-state index in [0.717, 1.165) is 34.4 Å². The molecule has 0 fully saturated rings. The maximum Gasteiger partial charge on any atom is 0.233 e. The Balaban J connectivity index is 0.00000320. The van der Waals surface area contributed by atoms with E-state index in [0.29, 0.717) is 28.0 Å². The topological polar surface area (TPSA) is 60.2 Å². The van der Waals surface area contributed by atoms with Crippen LogP contribution in [0.2, 0.25) is 5.02 Å². The molecule has 5 rings (SSSR count). The molecular weight excluding hydrogens is 527 g/mol. The Hall–Kier alpha value is -3.39. The number of anilines is 1. The summed E-state index contributed by atoms with van der Waals surface area (Å²) in [6, 6.07) is 21.9. The Morgan fingerprint density at radius 3 is 2.51 bits per heavy atom. The van der Waals surface area contributed by atoms with Crippen LogP contribution in [0, 0.1) is 0 Å². The zero-order valence-corrected chi connectivity index (χ0v) is 22.6. The molecule has 6 nitrogen and oxygen atoms in total. The predicted octanol–water partition coefficient (Wildman–Crippen LogP) is 6.91. The molecule has 2 aromatic heterocycles. The number of rotatable bonds is 9. The number of hydrogen-bond donors (Lipinski definition) is 0. The van der Waals surface area contributed by atoms with Crippen LogP contribution in [0.3, 0.4) is 0 Å². The third-order valence-corrected chi connectivity index (χ3v) is 7.51. The van der Waals surface area contributed by atoms with Crippen LogP contribution in [0.4, 0.5) is 5.13 Å². The Morgan fingerprint density at radius 2 is 1.81 bits per heavy atom. The lowest BCUT2D eigenvalue weighted by atomic mass is 10.0. The molecular formula is C28H26Cl2N4O2S. The van der Waals surface area contributed by atoms with Crippen molar-refractivity contribution in [1.29, 1.82) is 0 Å². The van der Waals surface area contributed by atoms with Crippen molar-refractivity contribution in [1.82, 2.24) is 14.5 Å². The van der Waals surface area contributed by atoms with Crippen LogP contribution in [-0.2, 0) is 17.8 Å². The van der Waals surface area contributed by atoms with Crippen LogP contribution in [0.25, 0.3) is 21.3 Å². The van der Waals surface area contributed by atoms with Crippen molar-refractivity contribution in [3.63, 3.8) is 0 Å². The second kappa shape index (κ2) is 12.2. The van der Waals surface area contributed by atoms with Crippen molar-refractivity contribution in [2.75, 3.05) is 18.6 Å². The highest BCUT2D eigenvalue weighted by molar-refractivity contribution is 7.23. The highest BCUT2D eigenvalue weighted by atomic mass is 35.5. The first-order chi connectivity index (χ1) is 17.6. The van der Waals surface area contributed by atoms with Gasteiger partial charge in [-0.3, -0.25) is 9.69 Å². The lowest BCUT2D eigenvalue weighted by Crippen LogP contribution is -2.33. The maximum absolute atomic E-state index is 13.6. The van der Waals surface area contributed by atoms with Gasteiger partial charge in [0.2, 0.25) is 5.91 Å². The third-order valence-electron chi connectivity index (χ3n) is 5.97. The second-order valence-electron chi connectivity index (χ2n) is 8.36. The monoisotopic (exact) mass is 552 g/mol. The molecule has 5 aromatic rings. The molecule has 0 bridgehead atoms. The van der Waals surface area contributed by atoms with Crippen molar-refractivity contribution in [2.45, 2.75) is 19.4 Å². The zero-order valence-electron chi connectivity index (χ0n) is 20.2. The Labute approximate surface area is 230 Å². The quantitative estimate of drug-likeness (QED) is 0.199. The van der Waals surface area contributed by atoms with Gasteiger partial charge in [-0.2, -0.15) is 0 Å². The minimum absolute atomic E-state index is 0. The number of hydrogen-bond acceptors (Lipinski definition) is 5. The fraction of sp³-hybridized carbons (Fsp3) is 0.179. The van der Waals surface area contributed by atoms with Gasteiger partial charge in [0.1, 0.15) is 11.3 Å². The predicted molar refractivity (Wildman–Crippen MR) is 153 cm³/mol. The van der Waals surface area contributed by atoms with Gasteiger partial charge in [-0.15, -0.1) is 12.4 Å². The van der Waals surface area contributed by atoms with Gasteiger partial charge in [0.25, 0.3) is 0 Å². The van der Waals surface area contributed by atoms with Crippen molar-refractivity contribution in [3.05, 3.63) is 96.0 Å². The van der Waals surface area contributed by atoms with E-state index >= 15 is 0 Å². The maximum atomic E-state index is 13.6. The van der Waals surface area contributed by atoms with Crippen molar-refractivity contribution in [3.8, 4) is 16.9 Å². The van der Waals surface area contributed by atoms with E-state index in [1.807, 2.05) is 41.1 Å². The lowest BCUT2D eigenvalue weighted by Gasteiger charge is -2.20. The molecule has 0 saturated heterocycles. The molecule has 0 N–H and O–H groups in total. The number of carbonyl (C=O) groups is 1. The average Bonchev–Trinajstić information content (AvgIpc) is 3.59. The molecule has 37 heavy (non-hydrogen) atoms. The normalized spacial score (nSPS) is 10.8. The van der Waals surface area contributed by atoms with E-state index < -0.39 is 0 Å². The molecule has 0 radical (unpaired) electrons. The van der Waals surface area contributed by atoms with E-state index in [2.05, 4.69) is 29.2 Å². The first-order valence-electron chi connectivity index (χ1n) is 11.7. The van der Waals surface area contributed by atoms with Crippen LogP contribution in [0.1, 0.15) is 12.0 Å². The summed E-state index contributed by atoms with van der Waals surface area (Å²) in [6.45, 7) is 1.28. The summed E-state index contributed by atoms with van der Waals surface area (Å²) in [5.74, 6) is 0.626. The van der Waals surface area contributed by atoms with Gasteiger partial charge in [0, 0.05) is 25.5 Å². The Morgan fingerprint density at radius 1 is 1.05 bits per heavy atom. The standard InChI is InChI=1S/C28H25ClN4O2S.ClH/c1-35-24-13-12-23(29)27-26(24)31-28(36-27)33(16-5-15-32-17-14-30-19-32)25(34)18-20-8-10-22(11-9-20)21-6-3-2-4-7-21;/h2-4,6-14,17,19H,5,15-16,18H2,1H3;1H. The number of imidazole rings is 1. The van der Waals surface area contributed by atoms with E-state index in [9.17, 15) is 4.79 Å². The van der Waals surface area contributed by atoms with Gasteiger partial charge in [-0.25, -0.2) is 9.97 Å². The van der Waals surface area contributed by atoms with E-state index in [4.69, 9.17) is 21.3 Å². The summed E-state index contributed by atoms with van der Waals surface area (Å²) in [4.78, 5) is 24.2. The van der Waals surface area contributed by atoms with Crippen LogP contribution < -0.4 is 9.64 Å². The van der Waals surface area contributed by atoms with Gasteiger partial charge in [0.15, 0.2) is 5.13 Å². The molecule has 2 heterocycles. The highest BCUT2D eigenvalue weighted by Crippen LogP contribution is 2.39. The smallest absolute Gasteiger partial charge is 0.233 e. The minimum Gasteiger partial charge on any atom is -0.494 e. The van der Waals surface area contributed by atoms with Crippen molar-refractivity contribution >= 4 is 56.6 Å². The van der Waals surface area contributed by atoms with Crippen LogP contribution in [0.15, 0.2) is 85.5 Å². The summed E-state index contributed by atoms with van der Waals surface area (Å²) < 4.78 is 8.30. The number of fused-ring (bicyclic) bond motifs is 1. The van der Waals surface area contributed by atoms with Crippen LogP contribution >= 0.6 is 35.3 Å². The number of ether oxygens (including phenoxy) is 1. The third kappa shape index (κ3) is 6.13. The van der Waals surface area contributed by atoms with Crippen molar-refractivity contribution < 1.29 is 9.53 Å². The largest absolute Gasteiger partial charge is 0.494 e. The van der Waals surface area contributed by atoms with Gasteiger partial charge < -0.3 is 9.30 Å². The Kier molecular flexibility index (Phi) is 8.82. The number of methoxy groups -OCH3 is 1. The summed E-state index contributed by atoms with van der Waals surface area (Å²) in [7, 11) is 1.61. The molecule has 190 valence electrons. The number of halogens is 2. The van der Waals surface area contributed by atoms with Crippen molar-refractivity contribution in [2.24, 2.45) is 0 Å². The first-order valence-corrected chi connectivity index (χ1v) is 12.9. The number of aryl methyl sites for hydroxylation is 1. The number of amides is 1. The molecule has 0 unspecified atom stereocenters. The summed E-state index contributed by atoms with van der Waals surface area (Å²) >= 11 is 7.86. The van der Waals surface area contributed by atoms with E-state index in [1.54, 1.807) is 36.7 Å². The molecule has 3 aromatic carbocycles. The number of benzene rings is 3. The summed E-state index contributed by atoms with van der Waals surface area (Å²) in [5.41, 5.74) is 3.90. The Bertz CT molecular complexity index is 1460. The fourth-order valence-corrected chi connectivity index (χ4v) is 5.39. The summed E-state index contributed by atoms with van der Waals surface area (Å²) in [5, 5.41) is 1.21. The average molecular weight is 554 g/mol. The number of aromatic nitrogens is 3. The van der Waals surface area contributed by atoms with Gasteiger partial charge in [-0.05, 0) is 35.2 Å². The molecule has 0 spiro atoms. The van der Waals surface area contributed by atoms with Crippen LogP contribution in [0.5, 0.6) is 5.75 Å². The van der Waals surface area contributed by atoms with E-state index in [-0.39, 0.29) is 24.7 Å². The van der Waals surface area contributed by atoms with E-state index in [1.165, 1.54) is 11.3 Å². The molecule has 0 atom stereocenters. The number of carbonyl (C=O) groups excluding carboxylic acids is 1. The second-order valence-corrected chi connectivity index (χ2v) is 9.75. The fourth-order valence-electron chi connectivity index (χ4n) is 4.09. The SMILES string of the molecule is COc1ccc(Cl)c2sc(N(CCCn3ccnc3)C(=O)Cc3ccc(-c4ccccc4)cc3)nc12.Cl. The molecule has 0 aliphatic heterocycles. The number of nitrogens with zero attached hydrogens (tertiary/aromatic N) is 4. The van der Waals surface area contributed by atoms with Gasteiger partial charge in [-0.1, -0.05) is 77.5 Å². The number of thiazole rings is 1. The van der Waals surface area contributed by atoms with Crippen LogP contribution in [-0.4, -0.2) is 34.1 Å². The summed E-state index contributed by atoms with van der Waals surface area (Å²) in [6.07, 6.45) is 6.49. The zero-order chi connectivity index (χ0) is 24.9. The highest BCUT2D eigenvalue weighted by Gasteiger charge is 2.22. The molecule has 9 heteroatoms. The first kappa shape index (κ1) is 26.7.